The zero-order valence-corrected chi connectivity index (χ0v) is 13.2. The normalized spacial score (nSPS) is 20.9. The largest absolute Gasteiger partial charge is 0.316 e. The molecule has 1 aromatic carbocycles. The summed E-state index contributed by atoms with van der Waals surface area (Å²) in [6.07, 6.45) is 3.29. The fourth-order valence-corrected chi connectivity index (χ4v) is 4.25. The lowest BCUT2D eigenvalue weighted by atomic mass is 10.0. The average Bonchev–Trinajstić information content (AvgIpc) is 3.22. The van der Waals surface area contributed by atoms with Crippen LogP contribution in [0.15, 0.2) is 29.6 Å². The highest BCUT2D eigenvalue weighted by Crippen LogP contribution is 2.30. The maximum atomic E-state index is 12.8. The van der Waals surface area contributed by atoms with Gasteiger partial charge in [0.15, 0.2) is 0 Å². The number of carbonyl (C=O) groups is 1. The maximum Gasteiger partial charge on any atom is 0.277 e. The first-order valence-electron chi connectivity index (χ1n) is 7.89. The molecule has 0 bridgehead atoms. The molecule has 1 aromatic heterocycles. The molecule has 1 unspecified atom stereocenters. The van der Waals surface area contributed by atoms with Gasteiger partial charge in [0.2, 0.25) is 0 Å². The topological polar surface area (TPSA) is 45.2 Å². The minimum absolute atomic E-state index is 0.0382. The van der Waals surface area contributed by atoms with Crippen molar-refractivity contribution in [3.63, 3.8) is 0 Å². The second kappa shape index (κ2) is 5.82. The van der Waals surface area contributed by atoms with Crippen molar-refractivity contribution in [2.45, 2.75) is 25.2 Å². The smallest absolute Gasteiger partial charge is 0.277 e. The minimum Gasteiger partial charge on any atom is -0.316 e. The first-order valence-corrected chi connectivity index (χ1v) is 8.77. The van der Waals surface area contributed by atoms with Crippen molar-refractivity contribution in [2.24, 2.45) is 0 Å². The van der Waals surface area contributed by atoms with E-state index in [1.807, 2.05) is 28.5 Å². The highest BCUT2D eigenvalue weighted by Gasteiger charge is 2.27. The van der Waals surface area contributed by atoms with Gasteiger partial charge in [0.1, 0.15) is 5.69 Å². The molecule has 114 valence electrons. The Balaban J connectivity index is 1.55. The van der Waals surface area contributed by atoms with Crippen LogP contribution in [0.1, 0.15) is 39.8 Å². The molecule has 0 saturated carbocycles. The lowest BCUT2D eigenvalue weighted by Gasteiger charge is -2.20. The van der Waals surface area contributed by atoms with Crippen LogP contribution in [0, 0.1) is 0 Å². The number of carbonyl (C=O) groups excluding carboxylic acids is 1. The lowest BCUT2D eigenvalue weighted by molar-refractivity contribution is 0.0985. The molecule has 0 spiro atoms. The molecule has 1 fully saturated rings. The SMILES string of the molecule is O=C(c1csc(C2CCCNC2)n1)N1CCc2ccccc21. The molecule has 4 nitrogen and oxygen atoms in total. The number of para-hydroxylation sites is 1. The zero-order valence-electron chi connectivity index (χ0n) is 12.4. The van der Waals surface area contributed by atoms with Crippen molar-refractivity contribution in [1.82, 2.24) is 10.3 Å². The molecule has 3 heterocycles. The van der Waals surface area contributed by atoms with Gasteiger partial charge in [-0.25, -0.2) is 4.98 Å². The van der Waals surface area contributed by atoms with Crippen molar-refractivity contribution in [3.8, 4) is 0 Å². The van der Waals surface area contributed by atoms with E-state index in [1.54, 1.807) is 11.3 Å². The van der Waals surface area contributed by atoms with Gasteiger partial charge in [0.25, 0.3) is 5.91 Å². The zero-order chi connectivity index (χ0) is 14.9. The van der Waals surface area contributed by atoms with Gasteiger partial charge in [-0.15, -0.1) is 11.3 Å². The number of piperidine rings is 1. The summed E-state index contributed by atoms with van der Waals surface area (Å²) in [5.74, 6) is 0.502. The van der Waals surface area contributed by atoms with Gasteiger partial charge in [-0.3, -0.25) is 4.79 Å². The predicted octanol–water partition coefficient (Wildman–Crippen LogP) is 2.81. The Morgan fingerprint density at radius 3 is 3.14 bits per heavy atom. The number of rotatable bonds is 2. The molecule has 1 saturated heterocycles. The Bertz CT molecular complexity index is 691. The molecule has 2 aliphatic rings. The molecule has 5 heteroatoms. The predicted molar refractivity (Wildman–Crippen MR) is 88.8 cm³/mol. The summed E-state index contributed by atoms with van der Waals surface area (Å²) in [5.41, 5.74) is 2.89. The van der Waals surface area contributed by atoms with Crippen molar-refractivity contribution in [3.05, 3.63) is 45.9 Å². The van der Waals surface area contributed by atoms with Crippen LogP contribution in [0.4, 0.5) is 5.69 Å². The number of thiazole rings is 1. The number of nitrogens with zero attached hydrogens (tertiary/aromatic N) is 2. The number of amides is 1. The Hall–Kier alpha value is -1.72. The molecule has 0 aliphatic carbocycles. The number of benzene rings is 1. The highest BCUT2D eigenvalue weighted by molar-refractivity contribution is 7.10. The van der Waals surface area contributed by atoms with Crippen LogP contribution < -0.4 is 10.2 Å². The quantitative estimate of drug-likeness (QED) is 0.927. The van der Waals surface area contributed by atoms with Crippen LogP contribution in [-0.2, 0) is 6.42 Å². The third kappa shape index (κ3) is 2.44. The molecule has 1 amide bonds. The summed E-state index contributed by atoms with van der Waals surface area (Å²) >= 11 is 1.63. The van der Waals surface area contributed by atoms with Gasteiger partial charge in [-0.2, -0.15) is 0 Å². The third-order valence-corrected chi connectivity index (χ3v) is 5.53. The maximum absolute atomic E-state index is 12.8. The van der Waals surface area contributed by atoms with Gasteiger partial charge in [-0.05, 0) is 37.4 Å². The van der Waals surface area contributed by atoms with Crippen LogP contribution in [0.3, 0.4) is 0 Å². The first-order chi connectivity index (χ1) is 10.8. The van der Waals surface area contributed by atoms with E-state index in [-0.39, 0.29) is 5.91 Å². The van der Waals surface area contributed by atoms with Crippen LogP contribution in [0.25, 0.3) is 0 Å². The van der Waals surface area contributed by atoms with Crippen molar-refractivity contribution < 1.29 is 4.79 Å². The van der Waals surface area contributed by atoms with Crippen LogP contribution in [-0.4, -0.2) is 30.5 Å². The van der Waals surface area contributed by atoms with E-state index in [2.05, 4.69) is 16.4 Å². The van der Waals surface area contributed by atoms with Crippen molar-refractivity contribution in [1.29, 1.82) is 0 Å². The summed E-state index contributed by atoms with van der Waals surface area (Å²) in [6, 6.07) is 8.15. The molecule has 2 aromatic rings. The number of fused-ring (bicyclic) bond motifs is 1. The van der Waals surface area contributed by atoms with Gasteiger partial charge in [0, 0.05) is 30.1 Å². The fraction of sp³-hybridized carbons (Fsp3) is 0.412. The molecule has 2 aliphatic heterocycles. The second-order valence-corrected chi connectivity index (χ2v) is 6.84. The summed E-state index contributed by atoms with van der Waals surface area (Å²) in [7, 11) is 0. The second-order valence-electron chi connectivity index (χ2n) is 5.95. The van der Waals surface area contributed by atoms with Crippen molar-refractivity contribution >= 4 is 22.9 Å². The van der Waals surface area contributed by atoms with Crippen LogP contribution in [0.2, 0.25) is 0 Å². The van der Waals surface area contributed by atoms with Crippen LogP contribution >= 0.6 is 11.3 Å². The number of aromatic nitrogens is 1. The molecular weight excluding hydrogens is 294 g/mol. The Labute approximate surface area is 134 Å². The van der Waals surface area contributed by atoms with E-state index in [9.17, 15) is 4.79 Å². The van der Waals surface area contributed by atoms with E-state index in [0.29, 0.717) is 11.6 Å². The van der Waals surface area contributed by atoms with E-state index in [1.165, 1.54) is 18.4 Å². The molecule has 1 N–H and O–H groups in total. The Morgan fingerprint density at radius 1 is 1.36 bits per heavy atom. The highest BCUT2D eigenvalue weighted by atomic mass is 32.1. The number of hydrogen-bond donors (Lipinski definition) is 1. The van der Waals surface area contributed by atoms with E-state index in [4.69, 9.17) is 0 Å². The first kappa shape index (κ1) is 13.9. The average molecular weight is 313 g/mol. The van der Waals surface area contributed by atoms with Gasteiger partial charge in [0.05, 0.1) is 5.01 Å². The molecular formula is C17H19N3OS. The standard InChI is InChI=1S/C17H19N3OS/c21-17(20-9-7-12-4-1-2-6-15(12)20)14-11-22-16(19-14)13-5-3-8-18-10-13/h1-2,4,6,11,13,18H,3,5,7-10H2. The van der Waals surface area contributed by atoms with Gasteiger partial charge >= 0.3 is 0 Å². The Morgan fingerprint density at radius 2 is 2.27 bits per heavy atom. The minimum atomic E-state index is 0.0382. The molecule has 1 atom stereocenters. The lowest BCUT2D eigenvalue weighted by Crippen LogP contribution is -2.30. The van der Waals surface area contributed by atoms with Gasteiger partial charge in [-0.1, -0.05) is 18.2 Å². The summed E-state index contributed by atoms with van der Waals surface area (Å²) < 4.78 is 0. The number of nitrogens with one attached hydrogen (secondary N) is 1. The van der Waals surface area contributed by atoms with Crippen LogP contribution in [0.5, 0.6) is 0 Å². The van der Waals surface area contributed by atoms with E-state index < -0.39 is 0 Å². The van der Waals surface area contributed by atoms with Gasteiger partial charge < -0.3 is 10.2 Å². The monoisotopic (exact) mass is 313 g/mol. The molecule has 4 rings (SSSR count). The summed E-state index contributed by atoms with van der Waals surface area (Å²) in [5, 5.41) is 6.44. The summed E-state index contributed by atoms with van der Waals surface area (Å²) in [4.78, 5) is 19.3. The Kier molecular flexibility index (Phi) is 3.68. The number of anilines is 1. The molecule has 22 heavy (non-hydrogen) atoms. The van der Waals surface area contributed by atoms with E-state index in [0.717, 1.165) is 36.8 Å². The van der Waals surface area contributed by atoms with Crippen molar-refractivity contribution in [2.75, 3.05) is 24.5 Å². The third-order valence-electron chi connectivity index (χ3n) is 4.52. The summed E-state index contributed by atoms with van der Waals surface area (Å²) in [6.45, 7) is 2.84. The van der Waals surface area contributed by atoms with E-state index >= 15 is 0 Å². The molecule has 0 radical (unpaired) electrons. The fourth-order valence-electron chi connectivity index (χ4n) is 3.32. The number of hydrogen-bond acceptors (Lipinski definition) is 4.